The zero-order valence-electron chi connectivity index (χ0n) is 13.6. The Morgan fingerprint density at radius 2 is 2.12 bits per heavy atom. The second-order valence-corrected chi connectivity index (χ2v) is 7.17. The normalized spacial score (nSPS) is 12.4. The van der Waals surface area contributed by atoms with E-state index in [1.165, 1.54) is 23.5 Å². The van der Waals surface area contributed by atoms with Gasteiger partial charge < -0.3 is 9.72 Å². The van der Waals surface area contributed by atoms with Crippen molar-refractivity contribution in [1.82, 2.24) is 9.97 Å². The van der Waals surface area contributed by atoms with Crippen molar-refractivity contribution in [3.8, 4) is 0 Å². The van der Waals surface area contributed by atoms with Crippen LogP contribution in [0.4, 0.5) is 4.39 Å². The van der Waals surface area contributed by atoms with Crippen LogP contribution in [0.15, 0.2) is 23.0 Å². The van der Waals surface area contributed by atoms with Gasteiger partial charge in [-0.3, -0.25) is 4.79 Å². The number of rotatable bonds is 3. The van der Waals surface area contributed by atoms with Gasteiger partial charge in [-0.15, -0.1) is 11.3 Å². The van der Waals surface area contributed by atoms with Crippen LogP contribution in [0.3, 0.4) is 0 Å². The Bertz CT molecular complexity index is 1020. The van der Waals surface area contributed by atoms with Crippen LogP contribution in [0.1, 0.15) is 39.7 Å². The number of aryl methyl sites for hydroxylation is 2. The summed E-state index contributed by atoms with van der Waals surface area (Å²) in [5.41, 5.74) is 0.235. The fourth-order valence-electron chi connectivity index (χ4n) is 2.43. The molecule has 0 aliphatic heterocycles. The number of thiophene rings is 1. The molecular formula is C17H14ClFN2O3S. The van der Waals surface area contributed by atoms with Gasteiger partial charge in [0.25, 0.3) is 5.56 Å². The molecular weight excluding hydrogens is 367 g/mol. The number of benzene rings is 1. The Morgan fingerprint density at radius 1 is 1.40 bits per heavy atom. The largest absolute Gasteiger partial charge is 0.451 e. The van der Waals surface area contributed by atoms with Crippen LogP contribution in [-0.4, -0.2) is 15.9 Å². The topological polar surface area (TPSA) is 72.0 Å². The van der Waals surface area contributed by atoms with Gasteiger partial charge in [-0.1, -0.05) is 17.7 Å². The molecule has 0 spiro atoms. The summed E-state index contributed by atoms with van der Waals surface area (Å²) in [5, 5.41) is 0.487. The molecule has 2 heterocycles. The molecule has 3 rings (SSSR count). The number of H-pyrrole nitrogens is 1. The maximum absolute atomic E-state index is 13.8. The molecule has 0 aliphatic rings. The maximum Gasteiger partial charge on any atom is 0.343 e. The number of ether oxygens (including phenoxy) is 1. The van der Waals surface area contributed by atoms with Crippen molar-refractivity contribution in [3.05, 3.63) is 61.2 Å². The van der Waals surface area contributed by atoms with Crippen molar-refractivity contribution in [2.45, 2.75) is 26.9 Å². The molecule has 8 heteroatoms. The van der Waals surface area contributed by atoms with E-state index in [9.17, 15) is 14.0 Å². The van der Waals surface area contributed by atoms with Crippen LogP contribution in [0.2, 0.25) is 5.02 Å². The smallest absolute Gasteiger partial charge is 0.343 e. The average Bonchev–Trinajstić information content (AvgIpc) is 2.82. The first-order chi connectivity index (χ1) is 11.8. The number of aromatic nitrogens is 2. The van der Waals surface area contributed by atoms with Crippen molar-refractivity contribution >= 4 is 39.1 Å². The molecule has 5 nitrogen and oxygen atoms in total. The number of aromatic amines is 1. The second-order valence-electron chi connectivity index (χ2n) is 5.56. The highest BCUT2D eigenvalue weighted by atomic mass is 35.5. The SMILES string of the molecule is Cc1sc2nc(C(C)OC(=O)c3c(F)cccc3Cl)[nH]c(=O)c2c1C. The lowest BCUT2D eigenvalue weighted by atomic mass is 10.2. The van der Waals surface area contributed by atoms with E-state index >= 15 is 0 Å². The summed E-state index contributed by atoms with van der Waals surface area (Å²) in [4.78, 5) is 33.1. The lowest BCUT2D eigenvalue weighted by molar-refractivity contribution is 0.0315. The molecule has 1 atom stereocenters. The average molecular weight is 381 g/mol. The molecule has 0 fully saturated rings. The zero-order valence-corrected chi connectivity index (χ0v) is 15.2. The quantitative estimate of drug-likeness (QED) is 0.687. The van der Waals surface area contributed by atoms with Crippen LogP contribution in [0, 0.1) is 19.7 Å². The summed E-state index contributed by atoms with van der Waals surface area (Å²) in [6.07, 6.45) is -0.872. The standard InChI is InChI=1S/C17H14ClFN2O3S/c1-7-9(3)25-16-12(7)15(22)20-14(21-16)8(2)24-17(23)13-10(18)5-4-6-11(13)19/h4-6,8H,1-3H3,(H,20,21,22). The summed E-state index contributed by atoms with van der Waals surface area (Å²) in [5.74, 6) is -1.50. The molecule has 0 aliphatic carbocycles. The Balaban J connectivity index is 1.94. The van der Waals surface area contributed by atoms with Crippen LogP contribution < -0.4 is 5.56 Å². The Morgan fingerprint density at radius 3 is 2.80 bits per heavy atom. The van der Waals surface area contributed by atoms with Crippen molar-refractivity contribution in [1.29, 1.82) is 0 Å². The van der Waals surface area contributed by atoms with E-state index in [0.717, 1.165) is 16.5 Å². The third kappa shape index (κ3) is 3.17. The summed E-state index contributed by atoms with van der Waals surface area (Å²) >= 11 is 7.26. The Hall–Kier alpha value is -2.25. The van der Waals surface area contributed by atoms with Gasteiger partial charge in [-0.05, 0) is 38.5 Å². The molecule has 0 radical (unpaired) electrons. The van der Waals surface area contributed by atoms with Crippen molar-refractivity contribution in [2.75, 3.05) is 0 Å². The maximum atomic E-state index is 13.8. The second kappa shape index (κ2) is 6.57. The molecule has 0 amide bonds. The van der Waals surface area contributed by atoms with Crippen LogP contribution in [0.5, 0.6) is 0 Å². The van der Waals surface area contributed by atoms with Crippen molar-refractivity contribution in [2.24, 2.45) is 0 Å². The number of fused-ring (bicyclic) bond motifs is 1. The first kappa shape index (κ1) is 17.6. The number of carbonyl (C=O) groups excluding carboxylic acids is 1. The third-order valence-electron chi connectivity index (χ3n) is 3.89. The van der Waals surface area contributed by atoms with Gasteiger partial charge in [0, 0.05) is 4.88 Å². The summed E-state index contributed by atoms with van der Waals surface area (Å²) < 4.78 is 19.0. The van der Waals surface area contributed by atoms with Crippen LogP contribution in [0.25, 0.3) is 10.2 Å². The molecule has 0 saturated heterocycles. The first-order valence-electron chi connectivity index (χ1n) is 7.44. The predicted molar refractivity (Wildman–Crippen MR) is 95.0 cm³/mol. The highest BCUT2D eigenvalue weighted by Crippen LogP contribution is 2.27. The molecule has 25 heavy (non-hydrogen) atoms. The molecule has 2 aromatic heterocycles. The van der Waals surface area contributed by atoms with E-state index in [1.807, 2.05) is 13.8 Å². The third-order valence-corrected chi connectivity index (χ3v) is 5.31. The molecule has 0 bridgehead atoms. The van der Waals surface area contributed by atoms with E-state index in [2.05, 4.69) is 9.97 Å². The predicted octanol–water partition coefficient (Wildman–Crippen LogP) is 4.31. The Labute approximate surface area is 151 Å². The highest BCUT2D eigenvalue weighted by Gasteiger charge is 2.22. The van der Waals surface area contributed by atoms with Gasteiger partial charge in [-0.25, -0.2) is 14.2 Å². The van der Waals surface area contributed by atoms with E-state index < -0.39 is 17.9 Å². The fourth-order valence-corrected chi connectivity index (χ4v) is 3.71. The number of nitrogens with one attached hydrogen (secondary N) is 1. The minimum atomic E-state index is -0.920. The highest BCUT2D eigenvalue weighted by molar-refractivity contribution is 7.18. The van der Waals surface area contributed by atoms with E-state index in [4.69, 9.17) is 16.3 Å². The van der Waals surface area contributed by atoms with E-state index in [-0.39, 0.29) is 22.0 Å². The summed E-state index contributed by atoms with van der Waals surface area (Å²) in [6, 6.07) is 3.91. The minimum Gasteiger partial charge on any atom is -0.451 e. The number of carbonyl (C=O) groups is 1. The summed E-state index contributed by atoms with van der Waals surface area (Å²) in [7, 11) is 0. The van der Waals surface area contributed by atoms with Gasteiger partial charge in [-0.2, -0.15) is 0 Å². The lowest BCUT2D eigenvalue weighted by Crippen LogP contribution is -2.18. The van der Waals surface area contributed by atoms with Crippen LogP contribution in [-0.2, 0) is 4.74 Å². The number of nitrogens with zero attached hydrogens (tertiary/aromatic N) is 1. The van der Waals surface area contributed by atoms with Gasteiger partial charge in [0.2, 0.25) is 0 Å². The molecule has 0 saturated carbocycles. The molecule has 1 aromatic carbocycles. The first-order valence-corrected chi connectivity index (χ1v) is 8.64. The van der Waals surface area contributed by atoms with Gasteiger partial charge in [0.15, 0.2) is 11.9 Å². The van der Waals surface area contributed by atoms with E-state index in [1.54, 1.807) is 6.92 Å². The van der Waals surface area contributed by atoms with Gasteiger partial charge in [0.05, 0.1) is 10.4 Å². The monoisotopic (exact) mass is 380 g/mol. The van der Waals surface area contributed by atoms with E-state index in [0.29, 0.717) is 10.2 Å². The lowest BCUT2D eigenvalue weighted by Gasteiger charge is -2.13. The molecule has 130 valence electrons. The fraction of sp³-hybridized carbons (Fsp3) is 0.235. The molecule has 1 unspecified atom stereocenters. The zero-order chi connectivity index (χ0) is 18.3. The molecule has 3 aromatic rings. The van der Waals surface area contributed by atoms with Crippen molar-refractivity contribution < 1.29 is 13.9 Å². The van der Waals surface area contributed by atoms with Crippen molar-refractivity contribution in [3.63, 3.8) is 0 Å². The van der Waals surface area contributed by atoms with Gasteiger partial charge in [0.1, 0.15) is 16.2 Å². The number of esters is 1. The molecule has 1 N–H and O–H groups in total. The van der Waals surface area contributed by atoms with Crippen LogP contribution >= 0.6 is 22.9 Å². The summed E-state index contributed by atoms with van der Waals surface area (Å²) in [6.45, 7) is 5.31. The Kier molecular flexibility index (Phi) is 4.62. The van der Waals surface area contributed by atoms with Gasteiger partial charge >= 0.3 is 5.97 Å². The number of hydrogen-bond donors (Lipinski definition) is 1. The number of hydrogen-bond acceptors (Lipinski definition) is 5. The minimum absolute atomic E-state index is 0.0430. The number of halogens is 2.